The fourth-order valence-electron chi connectivity index (χ4n) is 2.02. The first-order chi connectivity index (χ1) is 10.2. The largest absolute Gasteiger partial charge is 0.460 e. The Kier molecular flexibility index (Phi) is 5.26. The molecule has 0 aliphatic carbocycles. The number of Topliss-reactive ketones (excluding diaryl/α,β-unsaturated/α-hetero) is 1. The zero-order valence-corrected chi connectivity index (χ0v) is 12.0. The van der Waals surface area contributed by atoms with Crippen molar-refractivity contribution < 1.29 is 14.3 Å². The Hall–Kier alpha value is -2.43. The maximum atomic E-state index is 12.0. The summed E-state index contributed by atoms with van der Waals surface area (Å²) in [5, 5.41) is 0. The fraction of sp³-hybridized carbons (Fsp3) is 0.312. The van der Waals surface area contributed by atoms with Gasteiger partial charge >= 0.3 is 5.97 Å². The molecule has 2 aromatic rings. The van der Waals surface area contributed by atoms with Crippen molar-refractivity contribution in [3.63, 3.8) is 0 Å². The number of hydrogen-bond donors (Lipinski definition) is 0. The van der Waals surface area contributed by atoms with E-state index >= 15 is 0 Å². The maximum absolute atomic E-state index is 12.0. The number of carbonyl (C=O) groups excluding carboxylic acids is 2. The van der Waals surface area contributed by atoms with Gasteiger partial charge in [-0.05, 0) is 18.9 Å². The van der Waals surface area contributed by atoms with Crippen LogP contribution in [0.3, 0.4) is 0 Å². The molecule has 5 nitrogen and oxygen atoms in total. The van der Waals surface area contributed by atoms with Crippen molar-refractivity contribution in [2.45, 2.75) is 26.3 Å². The molecule has 110 valence electrons. The zero-order valence-electron chi connectivity index (χ0n) is 12.0. The smallest absolute Gasteiger partial charge is 0.374 e. The van der Waals surface area contributed by atoms with Crippen LogP contribution in [0.5, 0.6) is 0 Å². The maximum Gasteiger partial charge on any atom is 0.374 e. The summed E-state index contributed by atoms with van der Waals surface area (Å²) in [6, 6.07) is 9.84. The molecule has 0 fully saturated rings. The molecule has 0 radical (unpaired) electrons. The molecule has 0 N–H and O–H groups in total. The highest BCUT2D eigenvalue weighted by atomic mass is 16.5. The minimum atomic E-state index is -0.502. The van der Waals surface area contributed by atoms with Gasteiger partial charge in [-0.25, -0.2) is 9.78 Å². The minimum Gasteiger partial charge on any atom is -0.460 e. The number of ether oxygens (including phenoxy) is 1. The van der Waals surface area contributed by atoms with Crippen molar-refractivity contribution in [2.75, 3.05) is 6.61 Å². The highest BCUT2D eigenvalue weighted by Gasteiger charge is 2.15. The van der Waals surface area contributed by atoms with Crippen molar-refractivity contribution in [1.82, 2.24) is 9.55 Å². The number of ketones is 1. The topological polar surface area (TPSA) is 61.2 Å². The summed E-state index contributed by atoms with van der Waals surface area (Å²) in [5.41, 5.74) is 1.13. The molecule has 2 rings (SSSR count). The molecule has 1 heterocycles. The van der Waals surface area contributed by atoms with Gasteiger partial charge in [0.05, 0.1) is 13.2 Å². The first kappa shape index (κ1) is 15.0. The van der Waals surface area contributed by atoms with Gasteiger partial charge in [0.15, 0.2) is 5.78 Å². The lowest BCUT2D eigenvalue weighted by Gasteiger charge is -2.06. The molecule has 5 heteroatoms. The van der Waals surface area contributed by atoms with Gasteiger partial charge in [0.2, 0.25) is 5.82 Å². The van der Waals surface area contributed by atoms with Gasteiger partial charge in [-0.2, -0.15) is 0 Å². The lowest BCUT2D eigenvalue weighted by molar-refractivity contribution is -0.119. The second-order valence-electron chi connectivity index (χ2n) is 4.62. The zero-order chi connectivity index (χ0) is 15.1. The van der Waals surface area contributed by atoms with Crippen molar-refractivity contribution in [3.05, 3.63) is 54.1 Å². The normalized spacial score (nSPS) is 10.3. The van der Waals surface area contributed by atoms with Crippen LogP contribution in [-0.2, 0) is 22.5 Å². The van der Waals surface area contributed by atoms with Gasteiger partial charge in [-0.1, -0.05) is 30.3 Å². The molecule has 0 unspecified atom stereocenters. The van der Waals surface area contributed by atoms with Crippen LogP contribution in [0.2, 0.25) is 0 Å². The standard InChI is InChI=1S/C16H18N2O3/c1-2-21-16(20)15-17-10-11-18(15)12-14(19)9-8-13-6-4-3-5-7-13/h3-7,10-11H,2,8-9,12H2,1H3. The number of aryl methyl sites for hydroxylation is 1. The Balaban J connectivity index is 1.91. The number of aromatic nitrogens is 2. The fourth-order valence-corrected chi connectivity index (χ4v) is 2.02. The Labute approximate surface area is 123 Å². The molecule has 0 aliphatic heterocycles. The van der Waals surface area contributed by atoms with Crippen LogP contribution in [-0.4, -0.2) is 27.9 Å². The van der Waals surface area contributed by atoms with Crippen molar-refractivity contribution in [3.8, 4) is 0 Å². The van der Waals surface area contributed by atoms with Crippen LogP contribution < -0.4 is 0 Å². The minimum absolute atomic E-state index is 0.0578. The van der Waals surface area contributed by atoms with Crippen LogP contribution in [0.4, 0.5) is 0 Å². The Morgan fingerprint density at radius 3 is 2.71 bits per heavy atom. The predicted molar refractivity (Wildman–Crippen MR) is 78.0 cm³/mol. The van der Waals surface area contributed by atoms with E-state index < -0.39 is 5.97 Å². The molecule has 0 saturated heterocycles. The van der Waals surface area contributed by atoms with Crippen LogP contribution in [0.15, 0.2) is 42.7 Å². The number of nitrogens with zero attached hydrogens (tertiary/aromatic N) is 2. The van der Waals surface area contributed by atoms with E-state index in [1.54, 1.807) is 13.1 Å². The molecule has 0 spiro atoms. The summed E-state index contributed by atoms with van der Waals surface area (Å²) in [6.07, 6.45) is 4.25. The van der Waals surface area contributed by atoms with Crippen LogP contribution in [0.1, 0.15) is 29.5 Å². The van der Waals surface area contributed by atoms with E-state index in [9.17, 15) is 9.59 Å². The van der Waals surface area contributed by atoms with E-state index in [-0.39, 0.29) is 24.8 Å². The second-order valence-corrected chi connectivity index (χ2v) is 4.62. The lowest BCUT2D eigenvalue weighted by atomic mass is 10.1. The third-order valence-electron chi connectivity index (χ3n) is 3.06. The predicted octanol–water partition coefficient (Wildman–Crippen LogP) is 2.26. The van der Waals surface area contributed by atoms with Gasteiger partial charge in [-0.3, -0.25) is 4.79 Å². The van der Waals surface area contributed by atoms with Crippen molar-refractivity contribution in [1.29, 1.82) is 0 Å². The van der Waals surface area contributed by atoms with Gasteiger partial charge in [0.25, 0.3) is 0 Å². The van der Waals surface area contributed by atoms with E-state index in [4.69, 9.17) is 4.74 Å². The van der Waals surface area contributed by atoms with Gasteiger partial charge < -0.3 is 9.30 Å². The molecule has 0 amide bonds. The van der Waals surface area contributed by atoms with Crippen molar-refractivity contribution >= 4 is 11.8 Å². The van der Waals surface area contributed by atoms with Gasteiger partial charge in [0.1, 0.15) is 0 Å². The summed E-state index contributed by atoms with van der Waals surface area (Å²) >= 11 is 0. The quantitative estimate of drug-likeness (QED) is 0.732. The highest BCUT2D eigenvalue weighted by Crippen LogP contribution is 2.06. The summed E-state index contributed by atoms with van der Waals surface area (Å²) < 4.78 is 6.44. The van der Waals surface area contributed by atoms with E-state index in [2.05, 4.69) is 4.98 Å². The highest BCUT2D eigenvalue weighted by molar-refractivity contribution is 5.86. The van der Waals surface area contributed by atoms with Crippen LogP contribution >= 0.6 is 0 Å². The summed E-state index contributed by atoms with van der Waals surface area (Å²) in [5.74, 6) is -0.273. The molecular formula is C16H18N2O3. The molecule has 0 aliphatic rings. The first-order valence-electron chi connectivity index (χ1n) is 6.94. The third kappa shape index (κ3) is 4.27. The molecule has 0 bridgehead atoms. The van der Waals surface area contributed by atoms with Gasteiger partial charge in [0, 0.05) is 18.8 Å². The van der Waals surface area contributed by atoms with E-state index in [1.165, 1.54) is 10.8 Å². The molecule has 1 aromatic carbocycles. The number of imidazole rings is 1. The molecule has 21 heavy (non-hydrogen) atoms. The molecule has 0 saturated carbocycles. The number of esters is 1. The monoisotopic (exact) mass is 286 g/mol. The van der Waals surface area contributed by atoms with E-state index in [1.807, 2.05) is 30.3 Å². The number of hydrogen-bond acceptors (Lipinski definition) is 4. The Morgan fingerprint density at radius 2 is 2.00 bits per heavy atom. The molecular weight excluding hydrogens is 268 g/mol. The third-order valence-corrected chi connectivity index (χ3v) is 3.06. The number of benzene rings is 1. The molecule has 0 atom stereocenters. The lowest BCUT2D eigenvalue weighted by Crippen LogP contribution is -2.17. The Bertz CT molecular complexity index is 605. The number of rotatable bonds is 7. The second kappa shape index (κ2) is 7.38. The SMILES string of the molecule is CCOC(=O)c1nccn1CC(=O)CCc1ccccc1. The van der Waals surface area contributed by atoms with Crippen LogP contribution in [0.25, 0.3) is 0 Å². The summed E-state index contributed by atoms with van der Waals surface area (Å²) in [4.78, 5) is 27.6. The average Bonchev–Trinajstić information content (AvgIpc) is 2.95. The Morgan fingerprint density at radius 1 is 1.24 bits per heavy atom. The van der Waals surface area contributed by atoms with Gasteiger partial charge in [-0.15, -0.1) is 0 Å². The average molecular weight is 286 g/mol. The molecule has 1 aromatic heterocycles. The summed E-state index contributed by atoms with van der Waals surface area (Å²) in [7, 11) is 0. The summed E-state index contributed by atoms with van der Waals surface area (Å²) in [6.45, 7) is 2.16. The van der Waals surface area contributed by atoms with Crippen LogP contribution in [0, 0.1) is 0 Å². The van der Waals surface area contributed by atoms with E-state index in [0.717, 1.165) is 5.56 Å². The number of carbonyl (C=O) groups is 2. The first-order valence-corrected chi connectivity index (χ1v) is 6.94. The van der Waals surface area contributed by atoms with Crippen molar-refractivity contribution in [2.24, 2.45) is 0 Å². The van der Waals surface area contributed by atoms with E-state index in [0.29, 0.717) is 12.8 Å².